The minimum absolute atomic E-state index is 0.327. The molecule has 0 aromatic heterocycles. The van der Waals surface area contributed by atoms with Crippen LogP contribution in [0.2, 0.25) is 5.02 Å². The van der Waals surface area contributed by atoms with Gasteiger partial charge in [0.2, 0.25) is 0 Å². The van der Waals surface area contributed by atoms with Crippen LogP contribution in [0.1, 0.15) is 30.5 Å². The van der Waals surface area contributed by atoms with Crippen molar-refractivity contribution in [3.05, 3.63) is 33.8 Å². The molecule has 0 saturated heterocycles. The molecule has 0 heterocycles. The van der Waals surface area contributed by atoms with Crippen molar-refractivity contribution in [2.24, 2.45) is 5.92 Å². The molecule has 0 aliphatic heterocycles. The van der Waals surface area contributed by atoms with Gasteiger partial charge in [-0.05, 0) is 29.5 Å². The largest absolute Gasteiger partial charge is 0.198 e. The fourth-order valence-electron chi connectivity index (χ4n) is 1.68. The highest BCUT2D eigenvalue weighted by Gasteiger charge is 2.13. The van der Waals surface area contributed by atoms with Crippen LogP contribution in [0.5, 0.6) is 0 Å². The molecular weight excluding hydrogens is 220 g/mol. The molecule has 0 fully saturated rings. The Balaban J connectivity index is 3.31. The van der Waals surface area contributed by atoms with Gasteiger partial charge in [0, 0.05) is 0 Å². The third-order valence-electron chi connectivity index (χ3n) is 2.35. The number of hydrogen-bond acceptors (Lipinski definition) is 2. The lowest BCUT2D eigenvalue weighted by atomic mass is 9.92. The Morgan fingerprint density at radius 3 is 2.50 bits per heavy atom. The monoisotopic (exact) mass is 232 g/mol. The Labute approximate surface area is 101 Å². The van der Waals surface area contributed by atoms with Gasteiger partial charge in [-0.2, -0.15) is 10.5 Å². The first-order chi connectivity index (χ1) is 7.60. The Morgan fingerprint density at radius 1 is 1.31 bits per heavy atom. The second kappa shape index (κ2) is 5.54. The Bertz CT molecular complexity index is 464. The molecule has 0 N–H and O–H groups in total. The van der Waals surface area contributed by atoms with Gasteiger partial charge in [-0.15, -0.1) is 0 Å². The third kappa shape index (κ3) is 2.75. The smallest absolute Gasteiger partial charge is 0.101 e. The van der Waals surface area contributed by atoms with Gasteiger partial charge in [-0.3, -0.25) is 0 Å². The molecule has 1 aromatic rings. The van der Waals surface area contributed by atoms with E-state index < -0.39 is 0 Å². The van der Waals surface area contributed by atoms with Gasteiger partial charge in [0.05, 0.1) is 23.1 Å². The molecule has 2 nitrogen and oxygen atoms in total. The summed E-state index contributed by atoms with van der Waals surface area (Å²) in [5.74, 6) is 0.433. The predicted octanol–water partition coefficient (Wildman–Crippen LogP) is 3.48. The van der Waals surface area contributed by atoms with Crippen LogP contribution in [0, 0.1) is 28.6 Å². The van der Waals surface area contributed by atoms with E-state index in [1.165, 1.54) is 0 Å². The number of nitrogens with zero attached hydrogens (tertiary/aromatic N) is 2. The SMILES string of the molecule is CC(C)Cc1c(CC#N)ccc(Cl)c1C#N. The Hall–Kier alpha value is -1.51. The van der Waals surface area contributed by atoms with Crippen molar-refractivity contribution in [3.8, 4) is 12.1 Å². The van der Waals surface area contributed by atoms with E-state index in [9.17, 15) is 0 Å². The summed E-state index contributed by atoms with van der Waals surface area (Å²) in [5.41, 5.74) is 2.35. The van der Waals surface area contributed by atoms with E-state index in [1.54, 1.807) is 6.07 Å². The van der Waals surface area contributed by atoms with E-state index >= 15 is 0 Å². The molecule has 0 amide bonds. The van der Waals surface area contributed by atoms with Crippen LogP contribution in [0.25, 0.3) is 0 Å². The highest BCUT2D eigenvalue weighted by atomic mass is 35.5. The first-order valence-corrected chi connectivity index (χ1v) is 5.55. The zero-order valence-corrected chi connectivity index (χ0v) is 10.2. The first kappa shape index (κ1) is 12.6. The van der Waals surface area contributed by atoms with Crippen LogP contribution < -0.4 is 0 Å². The molecule has 82 valence electrons. The molecule has 1 rings (SSSR count). The fourth-order valence-corrected chi connectivity index (χ4v) is 1.89. The second-order valence-electron chi connectivity index (χ2n) is 4.10. The molecule has 0 spiro atoms. The van der Waals surface area contributed by atoms with Gasteiger partial charge < -0.3 is 0 Å². The predicted molar refractivity (Wildman–Crippen MR) is 64.0 cm³/mol. The molecule has 0 unspecified atom stereocenters. The van der Waals surface area contributed by atoms with Crippen LogP contribution in [0.4, 0.5) is 0 Å². The molecule has 0 bridgehead atoms. The summed E-state index contributed by atoms with van der Waals surface area (Å²) in [5, 5.41) is 18.3. The number of rotatable bonds is 3. The normalized spacial score (nSPS) is 9.88. The maximum atomic E-state index is 9.09. The lowest BCUT2D eigenvalue weighted by Crippen LogP contribution is -2.03. The molecule has 0 radical (unpaired) electrons. The summed E-state index contributed by atoms with van der Waals surface area (Å²) in [6.45, 7) is 4.16. The average Bonchev–Trinajstić information content (AvgIpc) is 2.22. The third-order valence-corrected chi connectivity index (χ3v) is 2.67. The van der Waals surface area contributed by atoms with Gasteiger partial charge in [-0.25, -0.2) is 0 Å². The number of benzene rings is 1. The summed E-state index contributed by atoms with van der Waals surface area (Å²) in [6.07, 6.45) is 1.11. The molecule has 0 aliphatic rings. The van der Waals surface area contributed by atoms with Crippen molar-refractivity contribution >= 4 is 11.6 Å². The highest BCUT2D eigenvalue weighted by molar-refractivity contribution is 6.31. The average molecular weight is 233 g/mol. The van der Waals surface area contributed by atoms with Crippen LogP contribution in [0.15, 0.2) is 12.1 Å². The highest BCUT2D eigenvalue weighted by Crippen LogP contribution is 2.25. The van der Waals surface area contributed by atoms with Crippen molar-refractivity contribution in [1.82, 2.24) is 0 Å². The fraction of sp³-hybridized carbons (Fsp3) is 0.385. The van der Waals surface area contributed by atoms with Crippen LogP contribution in [0.3, 0.4) is 0 Å². The van der Waals surface area contributed by atoms with Gasteiger partial charge in [0.1, 0.15) is 6.07 Å². The van der Waals surface area contributed by atoms with E-state index in [1.807, 2.05) is 6.07 Å². The maximum Gasteiger partial charge on any atom is 0.101 e. The topological polar surface area (TPSA) is 47.6 Å². The summed E-state index contributed by atoms with van der Waals surface area (Å²) in [7, 11) is 0. The minimum atomic E-state index is 0.327. The molecular formula is C13H13ClN2. The lowest BCUT2D eigenvalue weighted by Gasteiger charge is -2.12. The van der Waals surface area contributed by atoms with Gasteiger partial charge in [0.15, 0.2) is 0 Å². The van der Waals surface area contributed by atoms with E-state index in [-0.39, 0.29) is 0 Å². The molecule has 16 heavy (non-hydrogen) atoms. The summed E-state index contributed by atoms with van der Waals surface area (Å²) in [6, 6.07) is 7.77. The van der Waals surface area contributed by atoms with Gasteiger partial charge in [0.25, 0.3) is 0 Å². The van der Waals surface area contributed by atoms with Crippen molar-refractivity contribution in [2.45, 2.75) is 26.7 Å². The van der Waals surface area contributed by atoms with E-state index in [0.717, 1.165) is 17.5 Å². The quantitative estimate of drug-likeness (QED) is 0.801. The van der Waals surface area contributed by atoms with Crippen molar-refractivity contribution < 1.29 is 0 Å². The summed E-state index contributed by atoms with van der Waals surface area (Å²) < 4.78 is 0. The Morgan fingerprint density at radius 2 is 2.00 bits per heavy atom. The van der Waals surface area contributed by atoms with Crippen molar-refractivity contribution in [2.75, 3.05) is 0 Å². The second-order valence-corrected chi connectivity index (χ2v) is 4.51. The minimum Gasteiger partial charge on any atom is -0.198 e. The zero-order chi connectivity index (χ0) is 12.1. The van der Waals surface area contributed by atoms with E-state index in [4.69, 9.17) is 22.1 Å². The molecule has 1 aromatic carbocycles. The van der Waals surface area contributed by atoms with Crippen LogP contribution in [-0.4, -0.2) is 0 Å². The first-order valence-electron chi connectivity index (χ1n) is 5.17. The number of nitriles is 2. The lowest BCUT2D eigenvalue weighted by molar-refractivity contribution is 0.643. The van der Waals surface area contributed by atoms with Crippen molar-refractivity contribution in [3.63, 3.8) is 0 Å². The molecule has 0 atom stereocenters. The maximum absolute atomic E-state index is 9.09. The van der Waals surface area contributed by atoms with Crippen LogP contribution >= 0.6 is 11.6 Å². The van der Waals surface area contributed by atoms with E-state index in [2.05, 4.69) is 26.0 Å². The van der Waals surface area contributed by atoms with Gasteiger partial charge in [-0.1, -0.05) is 31.5 Å². The number of halogens is 1. The van der Waals surface area contributed by atoms with Crippen LogP contribution in [-0.2, 0) is 12.8 Å². The standard InChI is InChI=1S/C13H13ClN2/c1-9(2)7-11-10(5-6-15)3-4-13(14)12(11)8-16/h3-4,9H,5,7H2,1-2H3. The van der Waals surface area contributed by atoms with Gasteiger partial charge >= 0.3 is 0 Å². The molecule has 0 saturated carbocycles. The summed E-state index contributed by atoms with van der Waals surface area (Å²) >= 11 is 5.98. The molecule has 0 aliphatic carbocycles. The Kier molecular flexibility index (Phi) is 4.35. The number of hydrogen-bond donors (Lipinski definition) is 0. The summed E-state index contributed by atoms with van der Waals surface area (Å²) in [4.78, 5) is 0. The molecule has 3 heteroatoms. The van der Waals surface area contributed by atoms with E-state index in [0.29, 0.717) is 22.9 Å². The van der Waals surface area contributed by atoms with Crippen molar-refractivity contribution in [1.29, 1.82) is 10.5 Å². The zero-order valence-electron chi connectivity index (χ0n) is 9.42.